The molecule has 0 aliphatic carbocycles. The largest absolute Gasteiger partial charge is 0.384 e. The van der Waals surface area contributed by atoms with Gasteiger partial charge < -0.3 is 10.6 Å². The summed E-state index contributed by atoms with van der Waals surface area (Å²) < 4.78 is 0. The van der Waals surface area contributed by atoms with E-state index in [9.17, 15) is 0 Å². The number of anilines is 3. The molecule has 0 unspecified atom stereocenters. The summed E-state index contributed by atoms with van der Waals surface area (Å²) in [6.45, 7) is 7.32. The van der Waals surface area contributed by atoms with Gasteiger partial charge in [-0.3, -0.25) is 0 Å². The van der Waals surface area contributed by atoms with Gasteiger partial charge in [0.1, 0.15) is 0 Å². The Bertz CT molecular complexity index is 518. The van der Waals surface area contributed by atoms with Gasteiger partial charge in [0.15, 0.2) is 0 Å². The van der Waals surface area contributed by atoms with Gasteiger partial charge in [-0.05, 0) is 56.2 Å². The molecule has 0 fully saturated rings. The highest BCUT2D eigenvalue weighted by Crippen LogP contribution is 2.28. The van der Waals surface area contributed by atoms with Gasteiger partial charge in [0.2, 0.25) is 0 Å². The average molecular weight is 240 g/mol. The van der Waals surface area contributed by atoms with Gasteiger partial charge in [0, 0.05) is 12.2 Å². The summed E-state index contributed by atoms with van der Waals surface area (Å²) in [5, 5.41) is 6.86. The van der Waals surface area contributed by atoms with Crippen molar-refractivity contribution in [3.8, 4) is 0 Å². The van der Waals surface area contributed by atoms with Crippen LogP contribution in [-0.2, 0) is 0 Å². The summed E-state index contributed by atoms with van der Waals surface area (Å²) in [7, 11) is 0. The first-order valence-corrected chi connectivity index (χ1v) is 6.38. The molecule has 0 saturated carbocycles. The van der Waals surface area contributed by atoms with Gasteiger partial charge in [-0.1, -0.05) is 18.2 Å². The van der Waals surface area contributed by atoms with Gasteiger partial charge in [-0.25, -0.2) is 0 Å². The molecule has 2 N–H and O–H groups in total. The third-order valence-electron chi connectivity index (χ3n) is 3.05. The first kappa shape index (κ1) is 12.5. The maximum Gasteiger partial charge on any atom is 0.0622 e. The second-order valence-electron chi connectivity index (χ2n) is 4.50. The Balaban J connectivity index is 2.33. The second kappa shape index (κ2) is 5.58. The molecule has 0 amide bonds. The highest BCUT2D eigenvalue weighted by atomic mass is 14.9. The molecular weight excluding hydrogens is 220 g/mol. The van der Waals surface area contributed by atoms with E-state index in [0.29, 0.717) is 0 Å². The quantitative estimate of drug-likeness (QED) is 0.823. The molecule has 2 aromatic rings. The van der Waals surface area contributed by atoms with Crippen LogP contribution in [-0.4, -0.2) is 6.54 Å². The maximum atomic E-state index is 3.46. The highest BCUT2D eigenvalue weighted by molar-refractivity contribution is 5.76. The Morgan fingerprint density at radius 1 is 0.889 bits per heavy atom. The monoisotopic (exact) mass is 240 g/mol. The Morgan fingerprint density at radius 2 is 1.50 bits per heavy atom. The van der Waals surface area contributed by atoms with Crippen LogP contribution in [0.15, 0.2) is 42.5 Å². The van der Waals surface area contributed by atoms with Gasteiger partial charge in [0.25, 0.3) is 0 Å². The SMILES string of the molecule is CCNc1cc(C)c(C)cc1Nc1ccccc1. The fraction of sp³-hybridized carbons (Fsp3) is 0.250. The van der Waals surface area contributed by atoms with Crippen LogP contribution in [0.2, 0.25) is 0 Å². The van der Waals surface area contributed by atoms with E-state index >= 15 is 0 Å². The minimum absolute atomic E-state index is 0.923. The van der Waals surface area contributed by atoms with Gasteiger partial charge in [0.05, 0.1) is 11.4 Å². The van der Waals surface area contributed by atoms with Crippen LogP contribution >= 0.6 is 0 Å². The van der Waals surface area contributed by atoms with Crippen molar-refractivity contribution in [3.63, 3.8) is 0 Å². The molecule has 2 nitrogen and oxygen atoms in total. The standard InChI is InChI=1S/C16H20N2/c1-4-17-15-10-12(2)13(3)11-16(15)18-14-8-6-5-7-9-14/h5-11,17-18H,4H2,1-3H3. The number of hydrogen-bond donors (Lipinski definition) is 2. The first-order chi connectivity index (χ1) is 8.70. The number of aryl methyl sites for hydroxylation is 2. The molecule has 2 aromatic carbocycles. The summed E-state index contributed by atoms with van der Waals surface area (Å²) in [5.41, 5.74) is 6.01. The Morgan fingerprint density at radius 3 is 2.11 bits per heavy atom. The van der Waals surface area contributed by atoms with E-state index in [1.807, 2.05) is 18.2 Å². The van der Waals surface area contributed by atoms with E-state index < -0.39 is 0 Å². The van der Waals surface area contributed by atoms with Crippen molar-refractivity contribution in [1.82, 2.24) is 0 Å². The van der Waals surface area contributed by atoms with Crippen molar-refractivity contribution >= 4 is 17.1 Å². The number of nitrogens with one attached hydrogen (secondary N) is 2. The lowest BCUT2D eigenvalue weighted by atomic mass is 10.1. The molecule has 0 radical (unpaired) electrons. The second-order valence-corrected chi connectivity index (χ2v) is 4.50. The molecule has 0 aromatic heterocycles. The van der Waals surface area contributed by atoms with E-state index in [1.54, 1.807) is 0 Å². The molecular formula is C16H20N2. The summed E-state index contributed by atoms with van der Waals surface area (Å²) in [6, 6.07) is 14.6. The van der Waals surface area contributed by atoms with Crippen LogP contribution in [0.5, 0.6) is 0 Å². The molecule has 0 heterocycles. The van der Waals surface area contributed by atoms with E-state index in [1.165, 1.54) is 11.1 Å². The normalized spacial score (nSPS) is 10.2. The van der Waals surface area contributed by atoms with Crippen LogP contribution in [0.4, 0.5) is 17.1 Å². The van der Waals surface area contributed by atoms with E-state index in [2.05, 4.69) is 55.7 Å². The number of rotatable bonds is 4. The van der Waals surface area contributed by atoms with E-state index in [4.69, 9.17) is 0 Å². The van der Waals surface area contributed by atoms with Crippen LogP contribution in [0.1, 0.15) is 18.1 Å². The molecule has 18 heavy (non-hydrogen) atoms. The number of benzene rings is 2. The third kappa shape index (κ3) is 2.83. The topological polar surface area (TPSA) is 24.1 Å². The summed E-state index contributed by atoms with van der Waals surface area (Å²) in [4.78, 5) is 0. The van der Waals surface area contributed by atoms with E-state index in [-0.39, 0.29) is 0 Å². The minimum atomic E-state index is 0.923. The molecule has 2 heteroatoms. The maximum absolute atomic E-state index is 3.46. The van der Waals surface area contributed by atoms with Gasteiger partial charge in [-0.2, -0.15) is 0 Å². The summed E-state index contributed by atoms with van der Waals surface area (Å²) in [5.74, 6) is 0. The molecule has 0 aliphatic heterocycles. The summed E-state index contributed by atoms with van der Waals surface area (Å²) >= 11 is 0. The number of para-hydroxylation sites is 1. The van der Waals surface area contributed by atoms with Crippen molar-refractivity contribution in [3.05, 3.63) is 53.6 Å². The first-order valence-electron chi connectivity index (χ1n) is 6.38. The molecule has 0 atom stereocenters. The van der Waals surface area contributed by atoms with Crippen molar-refractivity contribution in [2.75, 3.05) is 17.2 Å². The zero-order valence-corrected chi connectivity index (χ0v) is 11.2. The fourth-order valence-corrected chi connectivity index (χ4v) is 1.93. The van der Waals surface area contributed by atoms with Crippen molar-refractivity contribution in [2.24, 2.45) is 0 Å². The molecule has 0 aliphatic rings. The molecule has 0 saturated heterocycles. The molecule has 0 spiro atoms. The Labute approximate surface area is 109 Å². The fourth-order valence-electron chi connectivity index (χ4n) is 1.93. The van der Waals surface area contributed by atoms with Crippen LogP contribution in [0, 0.1) is 13.8 Å². The van der Waals surface area contributed by atoms with E-state index in [0.717, 1.165) is 23.6 Å². The third-order valence-corrected chi connectivity index (χ3v) is 3.05. The molecule has 2 rings (SSSR count). The molecule has 0 bridgehead atoms. The Kier molecular flexibility index (Phi) is 3.88. The van der Waals surface area contributed by atoms with Gasteiger partial charge in [-0.15, -0.1) is 0 Å². The highest BCUT2D eigenvalue weighted by Gasteiger charge is 2.05. The minimum Gasteiger partial charge on any atom is -0.384 e. The molecule has 94 valence electrons. The lowest BCUT2D eigenvalue weighted by Crippen LogP contribution is -2.02. The smallest absolute Gasteiger partial charge is 0.0622 e. The number of hydrogen-bond acceptors (Lipinski definition) is 2. The van der Waals surface area contributed by atoms with Crippen LogP contribution in [0.25, 0.3) is 0 Å². The van der Waals surface area contributed by atoms with Crippen molar-refractivity contribution in [1.29, 1.82) is 0 Å². The van der Waals surface area contributed by atoms with Crippen molar-refractivity contribution < 1.29 is 0 Å². The zero-order chi connectivity index (χ0) is 13.0. The van der Waals surface area contributed by atoms with Crippen molar-refractivity contribution in [2.45, 2.75) is 20.8 Å². The predicted molar refractivity (Wildman–Crippen MR) is 79.8 cm³/mol. The van der Waals surface area contributed by atoms with Gasteiger partial charge >= 0.3 is 0 Å². The summed E-state index contributed by atoms with van der Waals surface area (Å²) in [6.07, 6.45) is 0. The zero-order valence-electron chi connectivity index (χ0n) is 11.2. The average Bonchev–Trinajstić information content (AvgIpc) is 2.37. The lowest BCUT2D eigenvalue weighted by molar-refractivity contribution is 1.20. The Hall–Kier alpha value is -1.96. The predicted octanol–water partition coefficient (Wildman–Crippen LogP) is 4.48. The van der Waals surface area contributed by atoms with Crippen LogP contribution in [0.3, 0.4) is 0 Å². The lowest BCUT2D eigenvalue weighted by Gasteiger charge is -2.15. The van der Waals surface area contributed by atoms with Crippen LogP contribution < -0.4 is 10.6 Å².